The lowest BCUT2D eigenvalue weighted by atomic mass is 10.1. The molecule has 0 aromatic heterocycles. The predicted octanol–water partition coefficient (Wildman–Crippen LogP) is 1.39. The molecule has 8 nitrogen and oxygen atoms in total. The molecule has 0 fully saturated rings. The first-order valence-corrected chi connectivity index (χ1v) is 10.3. The van der Waals surface area contributed by atoms with E-state index in [1.165, 1.54) is 0 Å². The maximum atomic E-state index is 12.4. The van der Waals surface area contributed by atoms with Crippen LogP contribution in [0.2, 0.25) is 0 Å². The van der Waals surface area contributed by atoms with E-state index < -0.39 is 11.2 Å². The standard InChI is InChI=1S/C23H25N5O3/c1-14-10-18-19(11-15(14)2)28(21-20(25-18)22(30)27-23(31)26-21)9-8-24-17(13-29)12-16-6-4-3-5-7-16/h3-7,10-11,17,24,29H,8-9,12-13H2,1-2H3,(H,27,30,31)/t17-/m0/s1. The molecule has 1 atom stereocenters. The van der Waals surface area contributed by atoms with Gasteiger partial charge in [-0.15, -0.1) is 0 Å². The van der Waals surface area contributed by atoms with Gasteiger partial charge < -0.3 is 15.0 Å². The molecule has 31 heavy (non-hydrogen) atoms. The van der Waals surface area contributed by atoms with E-state index in [0.29, 0.717) is 25.0 Å². The van der Waals surface area contributed by atoms with Crippen LogP contribution in [0.4, 0.5) is 0 Å². The van der Waals surface area contributed by atoms with Crippen molar-refractivity contribution in [3.63, 3.8) is 0 Å². The van der Waals surface area contributed by atoms with Gasteiger partial charge in [0.05, 0.1) is 17.6 Å². The second-order valence-electron chi connectivity index (χ2n) is 7.76. The Bertz CT molecular complexity index is 1300. The lowest BCUT2D eigenvalue weighted by Gasteiger charge is -2.20. The van der Waals surface area contributed by atoms with Gasteiger partial charge in [-0.1, -0.05) is 30.3 Å². The van der Waals surface area contributed by atoms with Crippen molar-refractivity contribution in [3.05, 3.63) is 80.0 Å². The molecule has 0 unspecified atom stereocenters. The highest BCUT2D eigenvalue weighted by atomic mass is 16.3. The maximum absolute atomic E-state index is 12.4. The van der Waals surface area contributed by atoms with Gasteiger partial charge in [-0.25, -0.2) is 9.78 Å². The monoisotopic (exact) mass is 419 g/mol. The van der Waals surface area contributed by atoms with Crippen molar-refractivity contribution >= 4 is 11.0 Å². The van der Waals surface area contributed by atoms with Crippen LogP contribution in [0.1, 0.15) is 16.7 Å². The van der Waals surface area contributed by atoms with E-state index in [-0.39, 0.29) is 24.2 Å². The number of rotatable bonds is 7. The number of aromatic nitrogens is 4. The number of aliphatic hydroxyl groups is 1. The van der Waals surface area contributed by atoms with Crippen LogP contribution in [0.15, 0.2) is 52.1 Å². The number of hydrogen-bond donors (Lipinski definition) is 3. The number of aliphatic hydroxyl groups excluding tert-OH is 1. The third kappa shape index (κ3) is 4.40. The highest BCUT2D eigenvalue weighted by Crippen LogP contribution is 2.23. The number of benzene rings is 2. The van der Waals surface area contributed by atoms with Crippen molar-refractivity contribution in [1.29, 1.82) is 0 Å². The molecule has 0 aliphatic carbocycles. The molecule has 3 N–H and O–H groups in total. The lowest BCUT2D eigenvalue weighted by molar-refractivity contribution is 0.241. The van der Waals surface area contributed by atoms with Crippen molar-refractivity contribution in [1.82, 2.24) is 24.8 Å². The molecule has 2 heterocycles. The zero-order valence-electron chi connectivity index (χ0n) is 17.6. The lowest BCUT2D eigenvalue weighted by Crippen LogP contribution is -2.37. The van der Waals surface area contributed by atoms with Crippen LogP contribution < -0.4 is 16.6 Å². The van der Waals surface area contributed by atoms with E-state index in [2.05, 4.69) is 20.3 Å². The van der Waals surface area contributed by atoms with E-state index in [0.717, 1.165) is 22.2 Å². The Morgan fingerprint density at radius 2 is 1.84 bits per heavy atom. The van der Waals surface area contributed by atoms with E-state index in [9.17, 15) is 14.7 Å². The Morgan fingerprint density at radius 1 is 1.10 bits per heavy atom. The van der Waals surface area contributed by atoms with Crippen molar-refractivity contribution in [2.24, 2.45) is 0 Å². The fourth-order valence-corrected chi connectivity index (χ4v) is 3.76. The molecule has 0 bridgehead atoms. The summed E-state index contributed by atoms with van der Waals surface area (Å²) in [5, 5.41) is 13.2. The van der Waals surface area contributed by atoms with Crippen LogP contribution in [0, 0.1) is 13.8 Å². The summed E-state index contributed by atoms with van der Waals surface area (Å²) >= 11 is 0. The van der Waals surface area contributed by atoms with Gasteiger partial charge in [0.2, 0.25) is 0 Å². The zero-order valence-corrected chi connectivity index (χ0v) is 17.6. The predicted molar refractivity (Wildman–Crippen MR) is 120 cm³/mol. The summed E-state index contributed by atoms with van der Waals surface area (Å²) in [5.74, 6) is 0.259. The molecule has 4 rings (SSSR count). The summed E-state index contributed by atoms with van der Waals surface area (Å²) in [6.07, 6.45) is 0.695. The second kappa shape index (κ2) is 8.79. The number of nitrogens with one attached hydrogen (secondary N) is 2. The fourth-order valence-electron chi connectivity index (χ4n) is 3.76. The molecule has 0 radical (unpaired) electrons. The quantitative estimate of drug-likeness (QED) is 0.390. The van der Waals surface area contributed by atoms with Gasteiger partial charge in [0, 0.05) is 19.1 Å². The average Bonchev–Trinajstić information content (AvgIpc) is 2.75. The number of aromatic amines is 1. The molecule has 0 saturated heterocycles. The third-order valence-corrected chi connectivity index (χ3v) is 5.54. The van der Waals surface area contributed by atoms with Gasteiger partial charge in [-0.3, -0.25) is 9.78 Å². The molecule has 2 aliphatic rings. The zero-order chi connectivity index (χ0) is 22.0. The normalized spacial score (nSPS) is 12.5. The largest absolute Gasteiger partial charge is 0.395 e. The highest BCUT2D eigenvalue weighted by molar-refractivity contribution is 5.81. The first kappa shape index (κ1) is 20.9. The summed E-state index contributed by atoms with van der Waals surface area (Å²) in [6, 6.07) is 13.8. The van der Waals surface area contributed by atoms with Crippen LogP contribution in [0.5, 0.6) is 0 Å². The number of hydrogen-bond acceptors (Lipinski definition) is 6. The van der Waals surface area contributed by atoms with Gasteiger partial charge in [0.1, 0.15) is 0 Å². The summed E-state index contributed by atoms with van der Waals surface area (Å²) in [6.45, 7) is 4.97. The van der Waals surface area contributed by atoms with E-state index >= 15 is 0 Å². The highest BCUT2D eigenvalue weighted by Gasteiger charge is 2.19. The smallest absolute Gasteiger partial charge is 0.349 e. The molecule has 160 valence electrons. The minimum absolute atomic E-state index is 0.00166. The molecule has 0 spiro atoms. The van der Waals surface area contributed by atoms with Crippen molar-refractivity contribution < 1.29 is 5.11 Å². The van der Waals surface area contributed by atoms with E-state index in [1.807, 2.05) is 60.9 Å². The number of aryl methyl sites for hydroxylation is 2. The van der Waals surface area contributed by atoms with Crippen molar-refractivity contribution in [2.45, 2.75) is 32.9 Å². The number of nitrogens with zero attached hydrogens (tertiary/aromatic N) is 3. The fraction of sp³-hybridized carbons (Fsp3) is 0.304. The first-order chi connectivity index (χ1) is 15.0. The SMILES string of the molecule is Cc1cc2nc3c(=O)[nH]c(=O)nc-3n(CCN[C@H](CO)Cc3ccccc3)c2cc1C. The van der Waals surface area contributed by atoms with Crippen molar-refractivity contribution in [2.75, 3.05) is 13.2 Å². The van der Waals surface area contributed by atoms with Crippen molar-refractivity contribution in [3.8, 4) is 11.5 Å². The minimum Gasteiger partial charge on any atom is -0.395 e. The van der Waals surface area contributed by atoms with Crippen LogP contribution in [0.3, 0.4) is 0 Å². The van der Waals surface area contributed by atoms with E-state index in [1.54, 1.807) is 0 Å². The molecule has 0 saturated carbocycles. The number of fused-ring (bicyclic) bond motifs is 2. The molecular weight excluding hydrogens is 394 g/mol. The molecule has 2 aliphatic heterocycles. The van der Waals surface area contributed by atoms with Crippen LogP contribution in [0.25, 0.3) is 22.6 Å². The van der Waals surface area contributed by atoms with Crippen LogP contribution in [-0.4, -0.2) is 43.8 Å². The molecule has 2 aromatic rings. The topological polar surface area (TPSA) is 113 Å². The summed E-state index contributed by atoms with van der Waals surface area (Å²) < 4.78 is 1.85. The van der Waals surface area contributed by atoms with Gasteiger partial charge in [0.15, 0.2) is 11.5 Å². The van der Waals surface area contributed by atoms with Gasteiger partial charge in [-0.05, 0) is 49.1 Å². The molecular formula is C23H25N5O3. The van der Waals surface area contributed by atoms with Crippen LogP contribution in [-0.2, 0) is 13.0 Å². The first-order valence-electron chi connectivity index (χ1n) is 10.3. The number of H-pyrrole nitrogens is 1. The Morgan fingerprint density at radius 3 is 2.58 bits per heavy atom. The van der Waals surface area contributed by atoms with Gasteiger partial charge in [-0.2, -0.15) is 4.98 Å². The van der Waals surface area contributed by atoms with Gasteiger partial charge >= 0.3 is 5.69 Å². The Balaban J connectivity index is 1.67. The summed E-state index contributed by atoms with van der Waals surface area (Å²) in [5.41, 5.74) is 3.66. The van der Waals surface area contributed by atoms with E-state index in [4.69, 9.17) is 0 Å². The summed E-state index contributed by atoms with van der Waals surface area (Å²) in [4.78, 5) is 34.9. The Kier molecular flexibility index (Phi) is 5.92. The Labute approximate surface area is 179 Å². The molecule has 2 aromatic carbocycles. The summed E-state index contributed by atoms with van der Waals surface area (Å²) in [7, 11) is 0. The van der Waals surface area contributed by atoms with Gasteiger partial charge in [0.25, 0.3) is 5.56 Å². The molecule has 8 heteroatoms. The third-order valence-electron chi connectivity index (χ3n) is 5.54. The Hall–Kier alpha value is -3.36. The molecule has 0 amide bonds. The van der Waals surface area contributed by atoms with Crippen LogP contribution >= 0.6 is 0 Å². The average molecular weight is 419 g/mol. The second-order valence-corrected chi connectivity index (χ2v) is 7.76. The maximum Gasteiger partial charge on any atom is 0.349 e. The minimum atomic E-state index is -0.693.